The van der Waals surface area contributed by atoms with Gasteiger partial charge in [0.25, 0.3) is 5.91 Å². The van der Waals surface area contributed by atoms with Crippen LogP contribution in [0.4, 0.5) is 5.69 Å². The van der Waals surface area contributed by atoms with Gasteiger partial charge in [0.05, 0.1) is 11.4 Å². The van der Waals surface area contributed by atoms with Crippen molar-refractivity contribution in [1.29, 1.82) is 0 Å². The van der Waals surface area contributed by atoms with Crippen molar-refractivity contribution in [2.45, 2.75) is 32.7 Å². The van der Waals surface area contributed by atoms with Crippen LogP contribution < -0.4 is 11.1 Å². The van der Waals surface area contributed by atoms with Gasteiger partial charge >= 0.3 is 0 Å². The van der Waals surface area contributed by atoms with E-state index >= 15 is 0 Å². The topological polar surface area (TPSA) is 72.9 Å². The van der Waals surface area contributed by atoms with E-state index in [-0.39, 0.29) is 5.91 Å². The third-order valence-electron chi connectivity index (χ3n) is 4.16. The molecule has 0 radical (unpaired) electrons. The largest absolute Gasteiger partial charge is 0.395 e. The van der Waals surface area contributed by atoms with Gasteiger partial charge in [0.2, 0.25) is 0 Å². The van der Waals surface area contributed by atoms with E-state index in [9.17, 15) is 4.79 Å². The van der Waals surface area contributed by atoms with Gasteiger partial charge in [-0.2, -0.15) is 5.10 Å². The number of nitrogen functional groups attached to an aromatic ring is 1. The lowest BCUT2D eigenvalue weighted by atomic mass is 9.77. The smallest absolute Gasteiger partial charge is 0.271 e. The molecule has 5 nitrogen and oxygen atoms in total. The summed E-state index contributed by atoms with van der Waals surface area (Å²) in [6.45, 7) is 5.04. The number of carbonyl (C=O) groups is 1. The molecule has 21 heavy (non-hydrogen) atoms. The minimum atomic E-state index is -0.140. The van der Waals surface area contributed by atoms with Crippen LogP contribution in [0.3, 0.4) is 0 Å². The Labute approximate surface area is 124 Å². The van der Waals surface area contributed by atoms with Crippen LogP contribution in [0.25, 0.3) is 0 Å². The highest BCUT2D eigenvalue weighted by molar-refractivity contribution is 5.98. The molecule has 0 aliphatic heterocycles. The van der Waals surface area contributed by atoms with E-state index in [1.165, 1.54) is 11.1 Å². The molecule has 0 saturated heterocycles. The van der Waals surface area contributed by atoms with Crippen LogP contribution in [-0.4, -0.2) is 22.2 Å². The molecule has 1 aromatic heterocycles. The van der Waals surface area contributed by atoms with Crippen molar-refractivity contribution in [3.8, 4) is 0 Å². The Hall–Kier alpha value is -2.30. The van der Waals surface area contributed by atoms with E-state index in [4.69, 9.17) is 5.73 Å². The normalized spacial score (nSPS) is 16.2. The van der Waals surface area contributed by atoms with Gasteiger partial charge in [0, 0.05) is 19.0 Å². The summed E-state index contributed by atoms with van der Waals surface area (Å²) < 4.78 is 1.66. The lowest BCUT2D eigenvalue weighted by molar-refractivity contribution is 0.0940. The average Bonchev–Trinajstić information content (AvgIpc) is 2.75. The van der Waals surface area contributed by atoms with Crippen LogP contribution in [-0.2, 0) is 13.0 Å². The van der Waals surface area contributed by atoms with E-state index in [1.807, 2.05) is 19.9 Å². The zero-order valence-electron chi connectivity index (χ0n) is 12.4. The van der Waals surface area contributed by atoms with Crippen molar-refractivity contribution in [2.75, 3.05) is 12.3 Å². The van der Waals surface area contributed by atoms with E-state index in [0.717, 1.165) is 6.42 Å². The van der Waals surface area contributed by atoms with Crippen molar-refractivity contribution < 1.29 is 4.79 Å². The van der Waals surface area contributed by atoms with Gasteiger partial charge < -0.3 is 11.1 Å². The van der Waals surface area contributed by atoms with Crippen LogP contribution in [0.15, 0.2) is 24.3 Å². The van der Waals surface area contributed by atoms with Gasteiger partial charge in [0.15, 0.2) is 0 Å². The molecule has 1 aromatic carbocycles. The predicted octanol–water partition coefficient (Wildman–Crippen LogP) is 1.86. The minimum absolute atomic E-state index is 0.140. The number of benzene rings is 1. The maximum atomic E-state index is 12.4. The molecule has 0 fully saturated rings. The summed E-state index contributed by atoms with van der Waals surface area (Å²) in [5.74, 6) is 0.268. The van der Waals surface area contributed by atoms with E-state index in [2.05, 4.69) is 28.6 Å². The van der Waals surface area contributed by atoms with Gasteiger partial charge in [-0.25, -0.2) is 0 Å². The SMILES string of the molecule is CCn1nc(C)c(N)c1C(=O)NCC1Cc2ccccc21. The first-order chi connectivity index (χ1) is 10.1. The quantitative estimate of drug-likeness (QED) is 0.900. The van der Waals surface area contributed by atoms with E-state index < -0.39 is 0 Å². The summed E-state index contributed by atoms with van der Waals surface area (Å²) >= 11 is 0. The maximum Gasteiger partial charge on any atom is 0.271 e. The summed E-state index contributed by atoms with van der Waals surface area (Å²) in [7, 11) is 0. The number of nitrogens with one attached hydrogen (secondary N) is 1. The first-order valence-electron chi connectivity index (χ1n) is 7.30. The fourth-order valence-corrected chi connectivity index (χ4v) is 2.91. The molecule has 1 amide bonds. The molecule has 0 bridgehead atoms. The Morgan fingerprint density at radius 1 is 1.48 bits per heavy atom. The number of aryl methyl sites for hydroxylation is 2. The number of nitrogens with zero attached hydrogens (tertiary/aromatic N) is 2. The summed E-state index contributed by atoms with van der Waals surface area (Å²) in [6.07, 6.45) is 1.03. The summed E-state index contributed by atoms with van der Waals surface area (Å²) in [6, 6.07) is 8.36. The van der Waals surface area contributed by atoms with Crippen molar-refractivity contribution >= 4 is 11.6 Å². The van der Waals surface area contributed by atoms with Crippen molar-refractivity contribution in [1.82, 2.24) is 15.1 Å². The Kier molecular flexibility index (Phi) is 3.41. The van der Waals surface area contributed by atoms with Gasteiger partial charge in [-0.3, -0.25) is 9.48 Å². The number of nitrogens with two attached hydrogens (primary N) is 1. The first-order valence-corrected chi connectivity index (χ1v) is 7.30. The zero-order valence-corrected chi connectivity index (χ0v) is 12.4. The number of hydrogen-bond donors (Lipinski definition) is 2. The number of aromatic nitrogens is 2. The van der Waals surface area contributed by atoms with Gasteiger partial charge in [-0.1, -0.05) is 24.3 Å². The fraction of sp³-hybridized carbons (Fsp3) is 0.375. The molecule has 1 aliphatic rings. The van der Waals surface area contributed by atoms with Crippen LogP contribution in [0, 0.1) is 6.92 Å². The van der Waals surface area contributed by atoms with Crippen LogP contribution in [0.2, 0.25) is 0 Å². The molecule has 5 heteroatoms. The lowest BCUT2D eigenvalue weighted by Gasteiger charge is -2.30. The molecule has 0 saturated carbocycles. The first kappa shape index (κ1) is 13.7. The summed E-state index contributed by atoms with van der Waals surface area (Å²) in [5, 5.41) is 7.27. The van der Waals surface area contributed by atoms with Crippen LogP contribution in [0.1, 0.15) is 40.2 Å². The summed E-state index contributed by atoms with van der Waals surface area (Å²) in [4.78, 5) is 12.4. The number of amides is 1. The number of hydrogen-bond acceptors (Lipinski definition) is 3. The van der Waals surface area contributed by atoms with E-state index in [1.54, 1.807) is 4.68 Å². The van der Waals surface area contributed by atoms with Crippen LogP contribution in [0.5, 0.6) is 0 Å². The molecule has 1 aliphatic carbocycles. The fourth-order valence-electron chi connectivity index (χ4n) is 2.91. The number of anilines is 1. The third kappa shape index (κ3) is 2.28. The molecular weight excluding hydrogens is 264 g/mol. The molecule has 2 aromatic rings. The zero-order chi connectivity index (χ0) is 15.0. The maximum absolute atomic E-state index is 12.4. The third-order valence-corrected chi connectivity index (χ3v) is 4.16. The highest BCUT2D eigenvalue weighted by Gasteiger charge is 2.26. The monoisotopic (exact) mass is 284 g/mol. The molecule has 1 heterocycles. The van der Waals surface area contributed by atoms with Crippen molar-refractivity contribution in [3.05, 3.63) is 46.8 Å². The second-order valence-electron chi connectivity index (χ2n) is 5.47. The van der Waals surface area contributed by atoms with E-state index in [0.29, 0.717) is 36.1 Å². The number of fused-ring (bicyclic) bond motifs is 1. The number of rotatable bonds is 4. The van der Waals surface area contributed by atoms with Gasteiger partial charge in [-0.15, -0.1) is 0 Å². The second kappa shape index (κ2) is 5.24. The molecule has 0 spiro atoms. The Bertz CT molecular complexity index is 690. The van der Waals surface area contributed by atoms with Crippen molar-refractivity contribution in [3.63, 3.8) is 0 Å². The van der Waals surface area contributed by atoms with Gasteiger partial charge in [-0.05, 0) is 31.4 Å². The Morgan fingerprint density at radius 2 is 2.24 bits per heavy atom. The molecule has 1 atom stereocenters. The lowest BCUT2D eigenvalue weighted by Crippen LogP contribution is -2.34. The minimum Gasteiger partial charge on any atom is -0.395 e. The number of carbonyl (C=O) groups excluding carboxylic acids is 1. The Morgan fingerprint density at radius 3 is 2.95 bits per heavy atom. The Balaban J connectivity index is 1.69. The highest BCUT2D eigenvalue weighted by atomic mass is 16.2. The summed E-state index contributed by atoms with van der Waals surface area (Å²) in [5.41, 5.74) is 10.3. The average molecular weight is 284 g/mol. The van der Waals surface area contributed by atoms with Crippen molar-refractivity contribution in [2.24, 2.45) is 0 Å². The highest BCUT2D eigenvalue weighted by Crippen LogP contribution is 2.34. The molecule has 110 valence electrons. The van der Waals surface area contributed by atoms with Crippen LogP contribution >= 0.6 is 0 Å². The standard InChI is InChI=1S/C16H20N4O/c1-3-20-15(14(17)10(2)19-20)16(21)18-9-12-8-11-6-4-5-7-13(11)12/h4-7,12H,3,8-9,17H2,1-2H3,(H,18,21). The molecule has 3 N–H and O–H groups in total. The second-order valence-corrected chi connectivity index (χ2v) is 5.47. The molecule has 1 unspecified atom stereocenters. The molecule has 3 rings (SSSR count). The predicted molar refractivity (Wildman–Crippen MR) is 82.3 cm³/mol. The van der Waals surface area contributed by atoms with Gasteiger partial charge in [0.1, 0.15) is 5.69 Å². The molecular formula is C16H20N4O.